The predicted octanol–water partition coefficient (Wildman–Crippen LogP) is 3.94. The van der Waals surface area contributed by atoms with E-state index in [1.54, 1.807) is 0 Å². The van der Waals surface area contributed by atoms with E-state index < -0.39 is 17.3 Å². The summed E-state index contributed by atoms with van der Waals surface area (Å²) in [5.41, 5.74) is 1.13. The van der Waals surface area contributed by atoms with Gasteiger partial charge in [-0.1, -0.05) is 13.3 Å². The Bertz CT molecular complexity index is 960. The fraction of sp³-hybridized carbons (Fsp3) is 0.565. The van der Waals surface area contributed by atoms with Crippen LogP contribution < -0.4 is 10.9 Å². The first-order chi connectivity index (χ1) is 14.2. The minimum Gasteiger partial charge on any atom is -0.508 e. The van der Waals surface area contributed by atoms with Crippen LogP contribution in [0.15, 0.2) is 27.4 Å². The number of hydrogen-bond donors (Lipinski definition) is 2. The zero-order valence-electron chi connectivity index (χ0n) is 18.3. The number of phenols is 1. The fourth-order valence-corrected chi connectivity index (χ4v) is 3.95. The van der Waals surface area contributed by atoms with Gasteiger partial charge in [0.15, 0.2) is 0 Å². The fourth-order valence-electron chi connectivity index (χ4n) is 3.95. The van der Waals surface area contributed by atoms with Gasteiger partial charge in [0.25, 0.3) is 0 Å². The molecule has 2 aromatic rings. The molecule has 2 N–H and O–H groups in total. The lowest BCUT2D eigenvalue weighted by Gasteiger charge is -2.36. The van der Waals surface area contributed by atoms with Crippen LogP contribution in [0.2, 0.25) is 0 Å². The van der Waals surface area contributed by atoms with E-state index in [0.29, 0.717) is 25.1 Å². The highest BCUT2D eigenvalue weighted by molar-refractivity contribution is 5.82. The number of benzene rings is 1. The van der Waals surface area contributed by atoms with E-state index in [1.807, 2.05) is 33.8 Å². The summed E-state index contributed by atoms with van der Waals surface area (Å²) in [6.45, 7) is 9.46. The number of amides is 1. The molecule has 1 aromatic carbocycles. The van der Waals surface area contributed by atoms with Crippen molar-refractivity contribution in [1.29, 1.82) is 0 Å². The summed E-state index contributed by atoms with van der Waals surface area (Å²) in [5.74, 6) is 0.141. The van der Waals surface area contributed by atoms with Crippen LogP contribution in [0.1, 0.15) is 58.1 Å². The lowest BCUT2D eigenvalue weighted by atomic mass is 9.99. The van der Waals surface area contributed by atoms with Crippen molar-refractivity contribution in [1.82, 2.24) is 10.2 Å². The lowest BCUT2D eigenvalue weighted by molar-refractivity contribution is 0.0492. The van der Waals surface area contributed by atoms with E-state index in [9.17, 15) is 14.7 Å². The van der Waals surface area contributed by atoms with Crippen LogP contribution in [-0.4, -0.2) is 40.8 Å². The van der Waals surface area contributed by atoms with E-state index in [0.717, 1.165) is 42.3 Å². The summed E-state index contributed by atoms with van der Waals surface area (Å²) < 4.78 is 10.7. The van der Waals surface area contributed by atoms with Crippen LogP contribution in [0.5, 0.6) is 5.75 Å². The Morgan fingerprint density at radius 2 is 2.03 bits per heavy atom. The molecule has 2 heterocycles. The molecule has 1 aromatic heterocycles. The van der Waals surface area contributed by atoms with Crippen LogP contribution in [0.4, 0.5) is 4.79 Å². The molecule has 1 saturated heterocycles. The standard InChI is InChI=1S/C23H32N2O5/c1-5-15-10-18-16(11-21(27)29-20(18)12-19(15)26)14-25-9-7-6-8-17(25)13-24-22(28)30-23(2,3)4/h10-12,17,26H,5-9,13-14H2,1-4H3,(H,24,28). The van der Waals surface area contributed by atoms with Crippen molar-refractivity contribution in [2.24, 2.45) is 0 Å². The topological polar surface area (TPSA) is 92.0 Å². The molecule has 1 aliphatic heterocycles. The van der Waals surface area contributed by atoms with Crippen LogP contribution in [0.25, 0.3) is 11.0 Å². The number of hydrogen-bond acceptors (Lipinski definition) is 6. The van der Waals surface area contributed by atoms with Crippen molar-refractivity contribution >= 4 is 17.1 Å². The van der Waals surface area contributed by atoms with Crippen molar-refractivity contribution in [3.63, 3.8) is 0 Å². The quantitative estimate of drug-likeness (QED) is 0.718. The number of nitrogens with zero attached hydrogens (tertiary/aromatic N) is 1. The minimum absolute atomic E-state index is 0.141. The molecule has 164 valence electrons. The third-order valence-electron chi connectivity index (χ3n) is 5.41. The highest BCUT2D eigenvalue weighted by Gasteiger charge is 2.25. The van der Waals surface area contributed by atoms with E-state index in [1.165, 1.54) is 12.1 Å². The maximum absolute atomic E-state index is 12.1. The molecular formula is C23H32N2O5. The Labute approximate surface area is 177 Å². The third kappa shape index (κ3) is 5.53. The maximum Gasteiger partial charge on any atom is 0.407 e. The Morgan fingerprint density at radius 1 is 1.27 bits per heavy atom. The highest BCUT2D eigenvalue weighted by Crippen LogP contribution is 2.29. The number of fused-ring (bicyclic) bond motifs is 1. The van der Waals surface area contributed by atoms with Gasteiger partial charge >= 0.3 is 11.7 Å². The first-order valence-corrected chi connectivity index (χ1v) is 10.7. The van der Waals surface area contributed by atoms with Gasteiger partial charge in [-0.05, 0) is 63.8 Å². The first kappa shape index (κ1) is 22.2. The number of alkyl carbamates (subject to hydrolysis) is 1. The largest absolute Gasteiger partial charge is 0.508 e. The zero-order chi connectivity index (χ0) is 21.9. The van der Waals surface area contributed by atoms with Gasteiger partial charge in [0, 0.05) is 36.7 Å². The Hall–Kier alpha value is -2.54. The molecule has 0 aliphatic carbocycles. The smallest absolute Gasteiger partial charge is 0.407 e. The van der Waals surface area contributed by atoms with Gasteiger partial charge in [-0.25, -0.2) is 9.59 Å². The van der Waals surface area contributed by atoms with Crippen molar-refractivity contribution in [2.75, 3.05) is 13.1 Å². The molecular weight excluding hydrogens is 384 g/mol. The van der Waals surface area contributed by atoms with Crippen LogP contribution in [0, 0.1) is 0 Å². The average Bonchev–Trinajstić information content (AvgIpc) is 2.65. The Kier molecular flexibility index (Phi) is 6.71. The number of piperidine rings is 1. The number of aryl methyl sites for hydroxylation is 1. The summed E-state index contributed by atoms with van der Waals surface area (Å²) >= 11 is 0. The van der Waals surface area contributed by atoms with Gasteiger partial charge in [0.1, 0.15) is 16.9 Å². The third-order valence-corrected chi connectivity index (χ3v) is 5.41. The Morgan fingerprint density at radius 3 is 2.73 bits per heavy atom. The molecule has 3 rings (SSSR count). The predicted molar refractivity (Wildman–Crippen MR) is 116 cm³/mol. The zero-order valence-corrected chi connectivity index (χ0v) is 18.3. The van der Waals surface area contributed by atoms with Gasteiger partial charge in [-0.15, -0.1) is 0 Å². The second-order valence-corrected chi connectivity index (χ2v) is 8.92. The van der Waals surface area contributed by atoms with Gasteiger partial charge in [0.2, 0.25) is 0 Å². The number of carbonyl (C=O) groups excluding carboxylic acids is 1. The summed E-state index contributed by atoms with van der Waals surface area (Å²) in [5, 5.41) is 13.9. The number of nitrogens with one attached hydrogen (secondary N) is 1. The summed E-state index contributed by atoms with van der Waals surface area (Å²) in [7, 11) is 0. The number of ether oxygens (including phenoxy) is 1. The van der Waals surface area contributed by atoms with Crippen LogP contribution in [0.3, 0.4) is 0 Å². The van der Waals surface area contributed by atoms with Crippen molar-refractivity contribution in [2.45, 2.75) is 71.6 Å². The molecule has 1 atom stereocenters. The van der Waals surface area contributed by atoms with E-state index in [4.69, 9.17) is 9.15 Å². The molecule has 0 radical (unpaired) electrons. The van der Waals surface area contributed by atoms with Gasteiger partial charge < -0.3 is 19.6 Å². The van der Waals surface area contributed by atoms with Crippen LogP contribution >= 0.6 is 0 Å². The summed E-state index contributed by atoms with van der Waals surface area (Å²) in [4.78, 5) is 26.5. The lowest BCUT2D eigenvalue weighted by Crippen LogP contribution is -2.47. The van der Waals surface area contributed by atoms with Gasteiger partial charge in [0.05, 0.1) is 0 Å². The van der Waals surface area contributed by atoms with Crippen molar-refractivity contribution < 1.29 is 19.1 Å². The summed E-state index contributed by atoms with van der Waals surface area (Å²) in [6, 6.07) is 5.13. The first-order valence-electron chi connectivity index (χ1n) is 10.7. The van der Waals surface area contributed by atoms with E-state index >= 15 is 0 Å². The molecule has 7 heteroatoms. The second kappa shape index (κ2) is 9.08. The molecule has 1 amide bonds. The monoisotopic (exact) mass is 416 g/mol. The Balaban J connectivity index is 1.80. The van der Waals surface area contributed by atoms with E-state index in [-0.39, 0.29) is 11.8 Å². The molecule has 0 saturated carbocycles. The molecule has 1 unspecified atom stereocenters. The molecule has 1 aliphatic rings. The highest BCUT2D eigenvalue weighted by atomic mass is 16.6. The van der Waals surface area contributed by atoms with Gasteiger partial charge in [-0.2, -0.15) is 0 Å². The molecule has 0 spiro atoms. The van der Waals surface area contributed by atoms with Crippen molar-refractivity contribution in [3.05, 3.63) is 39.7 Å². The molecule has 1 fully saturated rings. The van der Waals surface area contributed by atoms with Gasteiger partial charge in [-0.3, -0.25) is 4.90 Å². The number of likely N-dealkylation sites (tertiary alicyclic amines) is 1. The number of rotatable bonds is 5. The molecule has 7 nitrogen and oxygen atoms in total. The number of carbonyl (C=O) groups is 1. The second-order valence-electron chi connectivity index (χ2n) is 8.92. The minimum atomic E-state index is -0.532. The maximum atomic E-state index is 12.1. The number of aromatic hydroxyl groups is 1. The average molecular weight is 417 g/mol. The SMILES string of the molecule is CCc1cc2c(CN3CCCCC3CNC(=O)OC(C)(C)C)cc(=O)oc2cc1O. The van der Waals surface area contributed by atoms with Crippen molar-refractivity contribution in [3.8, 4) is 5.75 Å². The van der Waals surface area contributed by atoms with Crippen LogP contribution in [-0.2, 0) is 17.7 Å². The molecule has 0 bridgehead atoms. The number of phenolic OH excluding ortho intramolecular Hbond substituents is 1. The van der Waals surface area contributed by atoms with E-state index in [2.05, 4.69) is 10.2 Å². The molecule has 30 heavy (non-hydrogen) atoms. The normalized spacial score (nSPS) is 17.8. The summed E-state index contributed by atoms with van der Waals surface area (Å²) in [6.07, 6.45) is 3.41.